The number of fused-ring (bicyclic) bond motifs is 3. The van der Waals surface area contributed by atoms with Gasteiger partial charge in [-0.3, -0.25) is 0 Å². The Hall–Kier alpha value is -3.59. The van der Waals surface area contributed by atoms with Crippen LogP contribution in [-0.4, -0.2) is 0 Å². The number of para-hydroxylation sites is 1. The fourth-order valence-corrected chi connectivity index (χ4v) is 5.97. The number of rotatable bonds is 4. The van der Waals surface area contributed by atoms with Gasteiger partial charge in [0, 0.05) is 31.9 Å². The summed E-state index contributed by atoms with van der Waals surface area (Å²) < 4.78 is 2.44. The van der Waals surface area contributed by atoms with E-state index in [1.165, 1.54) is 25.9 Å². The molecule has 0 aliphatic heterocycles. The molecule has 0 radical (unpaired) electrons. The molecular formula is C30H20ClNS. The molecule has 3 heteroatoms. The maximum Gasteiger partial charge on any atom is 0.0640 e. The fraction of sp³-hybridized carbons (Fsp3) is 0. The molecule has 0 fully saturated rings. The highest BCUT2D eigenvalue weighted by Crippen LogP contribution is 2.46. The first-order chi connectivity index (χ1) is 16.3. The molecule has 0 atom stereocenters. The van der Waals surface area contributed by atoms with E-state index in [-0.39, 0.29) is 0 Å². The smallest absolute Gasteiger partial charge is 0.0640 e. The van der Waals surface area contributed by atoms with E-state index in [4.69, 9.17) is 11.6 Å². The van der Waals surface area contributed by atoms with Crippen LogP contribution in [0.1, 0.15) is 0 Å². The summed E-state index contributed by atoms with van der Waals surface area (Å²) in [4.78, 5) is 2.33. The Morgan fingerprint density at radius 2 is 1.18 bits per heavy atom. The summed E-state index contributed by atoms with van der Waals surface area (Å²) in [5.74, 6) is 0. The maximum absolute atomic E-state index is 6.61. The second-order valence-corrected chi connectivity index (χ2v) is 9.41. The van der Waals surface area contributed by atoms with Crippen molar-refractivity contribution in [1.82, 2.24) is 0 Å². The van der Waals surface area contributed by atoms with Crippen molar-refractivity contribution in [1.29, 1.82) is 0 Å². The summed E-state index contributed by atoms with van der Waals surface area (Å²) in [5, 5.41) is 3.13. The van der Waals surface area contributed by atoms with Crippen molar-refractivity contribution >= 4 is 60.2 Å². The summed E-state index contributed by atoms with van der Waals surface area (Å²) in [6.07, 6.45) is 0. The van der Waals surface area contributed by atoms with Crippen molar-refractivity contribution in [2.45, 2.75) is 0 Å². The fourth-order valence-electron chi connectivity index (χ4n) is 4.40. The topological polar surface area (TPSA) is 3.24 Å². The van der Waals surface area contributed by atoms with Gasteiger partial charge in [0.15, 0.2) is 0 Å². The van der Waals surface area contributed by atoms with Crippen LogP contribution in [0.5, 0.6) is 0 Å². The van der Waals surface area contributed by atoms with Crippen LogP contribution in [0.4, 0.5) is 17.1 Å². The summed E-state index contributed by atoms with van der Waals surface area (Å²) in [6, 6.07) is 42.5. The summed E-state index contributed by atoms with van der Waals surface area (Å²) >= 11 is 8.41. The minimum Gasteiger partial charge on any atom is -0.309 e. The Bertz CT molecular complexity index is 1550. The van der Waals surface area contributed by atoms with Crippen LogP contribution in [0.2, 0.25) is 5.02 Å². The van der Waals surface area contributed by atoms with E-state index in [1.807, 2.05) is 18.2 Å². The van der Waals surface area contributed by atoms with Crippen molar-refractivity contribution in [3.8, 4) is 11.1 Å². The first kappa shape index (κ1) is 20.0. The van der Waals surface area contributed by atoms with Crippen LogP contribution in [0.25, 0.3) is 31.3 Å². The second kappa shape index (κ2) is 8.40. The van der Waals surface area contributed by atoms with Gasteiger partial charge < -0.3 is 4.90 Å². The Labute approximate surface area is 202 Å². The van der Waals surface area contributed by atoms with E-state index in [2.05, 4.69) is 108 Å². The van der Waals surface area contributed by atoms with E-state index >= 15 is 0 Å². The van der Waals surface area contributed by atoms with E-state index in [0.717, 1.165) is 27.5 Å². The number of anilines is 3. The van der Waals surface area contributed by atoms with Crippen LogP contribution >= 0.6 is 22.9 Å². The molecule has 0 saturated heterocycles. The number of nitrogens with zero attached hydrogens (tertiary/aromatic N) is 1. The lowest BCUT2D eigenvalue weighted by molar-refractivity contribution is 1.30. The minimum absolute atomic E-state index is 0.800. The normalized spacial score (nSPS) is 11.2. The van der Waals surface area contributed by atoms with Crippen LogP contribution in [-0.2, 0) is 0 Å². The third-order valence-corrected chi connectivity index (χ3v) is 7.45. The quantitative estimate of drug-likeness (QED) is 0.252. The van der Waals surface area contributed by atoms with Gasteiger partial charge in [0.05, 0.1) is 10.4 Å². The SMILES string of the molecule is Clc1cccc2sc3c(N(c4ccccc4)c4ccc(-c5ccccc5)cc4)cccc3c12. The zero-order valence-corrected chi connectivity index (χ0v) is 19.4. The lowest BCUT2D eigenvalue weighted by Gasteiger charge is -2.26. The van der Waals surface area contributed by atoms with Crippen molar-refractivity contribution < 1.29 is 0 Å². The molecule has 0 N–H and O–H groups in total. The standard InChI is InChI=1S/C30H20ClNS/c31-26-14-8-16-28-29(26)25-13-7-15-27(30(25)33-28)32(23-11-5-2-6-12-23)24-19-17-22(18-20-24)21-9-3-1-4-10-21/h1-20H. The van der Waals surface area contributed by atoms with Gasteiger partial charge in [-0.1, -0.05) is 90.5 Å². The van der Waals surface area contributed by atoms with Crippen molar-refractivity contribution in [3.63, 3.8) is 0 Å². The second-order valence-electron chi connectivity index (χ2n) is 7.95. The number of hydrogen-bond donors (Lipinski definition) is 0. The van der Waals surface area contributed by atoms with Gasteiger partial charge >= 0.3 is 0 Å². The van der Waals surface area contributed by atoms with Crippen LogP contribution in [0.3, 0.4) is 0 Å². The van der Waals surface area contributed by atoms with Crippen LogP contribution in [0.15, 0.2) is 121 Å². The molecule has 0 aliphatic carbocycles. The molecule has 0 saturated carbocycles. The molecule has 0 unspecified atom stereocenters. The van der Waals surface area contributed by atoms with Gasteiger partial charge in [0.25, 0.3) is 0 Å². The highest BCUT2D eigenvalue weighted by molar-refractivity contribution is 7.26. The van der Waals surface area contributed by atoms with Gasteiger partial charge in [-0.2, -0.15) is 0 Å². The highest BCUT2D eigenvalue weighted by atomic mass is 35.5. The number of thiophene rings is 1. The van der Waals surface area contributed by atoms with Crippen molar-refractivity contribution in [2.75, 3.05) is 4.90 Å². The molecule has 1 aromatic heterocycles. The van der Waals surface area contributed by atoms with Gasteiger partial charge in [0.2, 0.25) is 0 Å². The van der Waals surface area contributed by atoms with E-state index < -0.39 is 0 Å². The predicted molar refractivity (Wildman–Crippen MR) is 144 cm³/mol. The van der Waals surface area contributed by atoms with Gasteiger partial charge in [0.1, 0.15) is 0 Å². The summed E-state index contributed by atoms with van der Waals surface area (Å²) in [5.41, 5.74) is 5.83. The first-order valence-electron chi connectivity index (χ1n) is 10.9. The summed E-state index contributed by atoms with van der Waals surface area (Å²) in [6.45, 7) is 0. The average Bonchev–Trinajstić information content (AvgIpc) is 3.27. The van der Waals surface area contributed by atoms with E-state index in [9.17, 15) is 0 Å². The lowest BCUT2D eigenvalue weighted by atomic mass is 10.0. The number of benzene rings is 5. The molecular weight excluding hydrogens is 442 g/mol. The van der Waals surface area contributed by atoms with Crippen LogP contribution in [0, 0.1) is 0 Å². The molecule has 0 aliphatic rings. The molecule has 0 amide bonds. The van der Waals surface area contributed by atoms with E-state index in [0.29, 0.717) is 0 Å². The molecule has 5 aromatic carbocycles. The average molecular weight is 462 g/mol. The predicted octanol–water partition coefficient (Wildman–Crippen LogP) is 9.84. The monoisotopic (exact) mass is 461 g/mol. The van der Waals surface area contributed by atoms with Crippen molar-refractivity contribution in [3.05, 3.63) is 126 Å². The van der Waals surface area contributed by atoms with E-state index in [1.54, 1.807) is 11.3 Å². The summed E-state index contributed by atoms with van der Waals surface area (Å²) in [7, 11) is 0. The molecule has 1 nitrogen and oxygen atoms in total. The lowest BCUT2D eigenvalue weighted by Crippen LogP contribution is -2.09. The molecule has 0 spiro atoms. The third kappa shape index (κ3) is 3.58. The minimum atomic E-state index is 0.800. The molecule has 33 heavy (non-hydrogen) atoms. The Morgan fingerprint density at radius 1 is 0.545 bits per heavy atom. The first-order valence-corrected chi connectivity index (χ1v) is 12.1. The largest absolute Gasteiger partial charge is 0.309 e. The molecule has 1 heterocycles. The van der Waals surface area contributed by atoms with Gasteiger partial charge in [-0.25, -0.2) is 0 Å². The molecule has 158 valence electrons. The Kier molecular flexibility index (Phi) is 5.10. The maximum atomic E-state index is 6.61. The zero-order valence-electron chi connectivity index (χ0n) is 17.8. The highest BCUT2D eigenvalue weighted by Gasteiger charge is 2.18. The number of halogens is 1. The van der Waals surface area contributed by atoms with Gasteiger partial charge in [-0.05, 0) is 53.6 Å². The third-order valence-electron chi connectivity index (χ3n) is 5.94. The number of hydrogen-bond acceptors (Lipinski definition) is 2. The Balaban J connectivity index is 1.55. The molecule has 6 rings (SSSR count). The molecule has 6 aromatic rings. The van der Waals surface area contributed by atoms with Gasteiger partial charge in [-0.15, -0.1) is 11.3 Å². The Morgan fingerprint density at radius 3 is 1.94 bits per heavy atom. The van der Waals surface area contributed by atoms with Crippen molar-refractivity contribution in [2.24, 2.45) is 0 Å². The molecule has 0 bridgehead atoms. The van der Waals surface area contributed by atoms with Crippen LogP contribution < -0.4 is 4.90 Å². The zero-order chi connectivity index (χ0) is 22.2.